The summed E-state index contributed by atoms with van der Waals surface area (Å²) in [6.07, 6.45) is 12.8. The van der Waals surface area contributed by atoms with Crippen molar-refractivity contribution in [3.63, 3.8) is 0 Å². The van der Waals surface area contributed by atoms with E-state index in [0.29, 0.717) is 19.4 Å². The number of ketones is 1. The number of carbonyl (C=O) groups excluding carboxylic acids is 1. The molecule has 0 aromatic heterocycles. The number of aliphatic hydroxyl groups excluding tert-OH is 10. The predicted octanol–water partition coefficient (Wildman–Crippen LogP) is 1.42. The Balaban J connectivity index is 4.40. The van der Waals surface area contributed by atoms with Crippen LogP contribution in [0.25, 0.3) is 0 Å². The summed E-state index contributed by atoms with van der Waals surface area (Å²) in [7, 11) is 0. The molecular weight excluding hydrogens is 714 g/mol. The zero-order valence-corrected chi connectivity index (χ0v) is 31.9. The maximum absolute atomic E-state index is 12.5. The Kier molecular flexibility index (Phi) is 30.2. The Morgan fingerprint density at radius 3 is 1.58 bits per heavy atom. The molecule has 0 radical (unpaired) electrons. The molecule has 0 unspecified atom stereocenters. The van der Waals surface area contributed by atoms with Gasteiger partial charge in [0, 0.05) is 31.3 Å². The van der Waals surface area contributed by atoms with Gasteiger partial charge in [0.1, 0.15) is 5.78 Å². The monoisotopic (exact) mass is 781 g/mol. The largest absolute Gasteiger partial charge is 0.478 e. The number of aliphatic carboxylic acids is 1. The number of carboxylic acid groups (broad SMARTS) is 1. The number of rotatable bonds is 32. The van der Waals surface area contributed by atoms with Crippen LogP contribution in [0.5, 0.6) is 0 Å². The molecule has 14 heteroatoms. The molecule has 14 nitrogen and oxygen atoms in total. The van der Waals surface area contributed by atoms with Gasteiger partial charge in [-0.2, -0.15) is 0 Å². The molecule has 314 valence electrons. The first kappa shape index (κ1) is 51.9. The maximum atomic E-state index is 12.5. The lowest BCUT2D eigenvalue weighted by Gasteiger charge is -2.20. The van der Waals surface area contributed by atoms with Crippen molar-refractivity contribution in [3.8, 4) is 0 Å². The van der Waals surface area contributed by atoms with Gasteiger partial charge < -0.3 is 61.9 Å². The van der Waals surface area contributed by atoms with Crippen molar-refractivity contribution in [3.05, 3.63) is 85.1 Å². The van der Waals surface area contributed by atoms with Gasteiger partial charge in [0.25, 0.3) is 0 Å². The van der Waals surface area contributed by atoms with Crippen LogP contribution in [0.1, 0.15) is 84.0 Å². The summed E-state index contributed by atoms with van der Waals surface area (Å²) in [5, 5.41) is 110. The van der Waals surface area contributed by atoms with Gasteiger partial charge in [-0.15, -0.1) is 0 Å². The summed E-state index contributed by atoms with van der Waals surface area (Å²) < 4.78 is 0. The highest BCUT2D eigenvalue weighted by atomic mass is 16.4. The topological polar surface area (TPSA) is 283 Å². The average molecular weight is 782 g/mol. The molecule has 0 bridgehead atoms. The van der Waals surface area contributed by atoms with Crippen LogP contribution in [0.3, 0.4) is 0 Å². The van der Waals surface area contributed by atoms with E-state index in [-0.39, 0.29) is 63.6 Å². The third-order valence-corrected chi connectivity index (χ3v) is 8.50. The second-order valence-corrected chi connectivity index (χ2v) is 13.9. The van der Waals surface area contributed by atoms with E-state index in [1.54, 1.807) is 61.6 Å². The zero-order valence-electron chi connectivity index (χ0n) is 31.9. The van der Waals surface area contributed by atoms with Crippen LogP contribution in [-0.2, 0) is 9.59 Å². The molecule has 0 spiro atoms. The SMILES string of the molecule is C[C@H](C(=O)C[C@H](O)C[C@H](O)C[C@@H](O)/C=C/C[C@H](O)C[C@H](O)C[C@H](O)C[C@@H](O)/C=C/C[C@@H](O)/C=C/C[C@H](O)CCCN)[C@H](O)C/C=C/C=C/C=C/C=C/C(=O)O. The molecule has 0 saturated carbocycles. The molecular formula is C41H67NO13. The first-order valence-corrected chi connectivity index (χ1v) is 19.0. The number of hydrogen-bond donors (Lipinski definition) is 12. The van der Waals surface area contributed by atoms with Crippen molar-refractivity contribution in [2.45, 2.75) is 145 Å². The number of hydrogen-bond acceptors (Lipinski definition) is 13. The van der Waals surface area contributed by atoms with Gasteiger partial charge in [-0.1, -0.05) is 85.9 Å². The second kappa shape index (κ2) is 32.0. The fraction of sp³-hybridized carbons (Fsp3) is 0.610. The van der Waals surface area contributed by atoms with Gasteiger partial charge in [0.2, 0.25) is 0 Å². The quantitative estimate of drug-likeness (QED) is 0.0261. The smallest absolute Gasteiger partial charge is 0.328 e. The highest BCUT2D eigenvalue weighted by Gasteiger charge is 2.25. The van der Waals surface area contributed by atoms with Crippen molar-refractivity contribution in [1.82, 2.24) is 0 Å². The van der Waals surface area contributed by atoms with Crippen LogP contribution in [0.15, 0.2) is 85.1 Å². The lowest BCUT2D eigenvalue weighted by atomic mass is 9.92. The molecule has 0 fully saturated rings. The summed E-state index contributed by atoms with van der Waals surface area (Å²) in [5.74, 6) is -2.20. The third kappa shape index (κ3) is 30.7. The van der Waals surface area contributed by atoms with Crippen molar-refractivity contribution in [2.75, 3.05) is 6.54 Å². The van der Waals surface area contributed by atoms with E-state index in [1.807, 2.05) is 0 Å². The first-order valence-electron chi connectivity index (χ1n) is 19.0. The molecule has 11 atom stereocenters. The summed E-state index contributed by atoms with van der Waals surface area (Å²) in [6.45, 7) is 2.05. The van der Waals surface area contributed by atoms with E-state index in [2.05, 4.69) is 0 Å². The Hall–Kier alpha value is -3.12. The van der Waals surface area contributed by atoms with E-state index in [1.165, 1.54) is 24.3 Å². The summed E-state index contributed by atoms with van der Waals surface area (Å²) >= 11 is 0. The van der Waals surface area contributed by atoms with Crippen LogP contribution in [0.4, 0.5) is 0 Å². The van der Waals surface area contributed by atoms with Crippen molar-refractivity contribution < 1.29 is 65.8 Å². The van der Waals surface area contributed by atoms with Crippen molar-refractivity contribution in [2.24, 2.45) is 11.7 Å². The highest BCUT2D eigenvalue weighted by Crippen LogP contribution is 2.17. The van der Waals surface area contributed by atoms with Gasteiger partial charge >= 0.3 is 5.97 Å². The van der Waals surface area contributed by atoms with Crippen LogP contribution in [0, 0.1) is 5.92 Å². The van der Waals surface area contributed by atoms with E-state index < -0.39 is 72.9 Å². The molecule has 0 aliphatic rings. The standard InChI is InChI=1S/C41H67NO13/c1-29(39(52)20-7-5-3-2-4-6-8-21-41(54)55)40(53)28-38(51)27-37(50)25-34(47)18-11-17-33(46)24-36(49)26-35(48)23-32(45)16-10-15-30(43)13-9-14-31(44)19-12-22-42/h2-11,13,16,18,21,29-39,43-52H,12,14-15,17,19-20,22-28,42H2,1H3,(H,54,55)/b3-2+,6-4+,7-5+,13-9+,16-10+,18-11+,21-8+/t29-,30-,31-,32-,33-,34-,35+,36-,37+,38+,39+/m0/s1. The van der Waals surface area contributed by atoms with E-state index in [0.717, 1.165) is 12.5 Å². The predicted molar refractivity (Wildman–Crippen MR) is 210 cm³/mol. The number of allylic oxidation sites excluding steroid dienone is 6. The van der Waals surface area contributed by atoms with E-state index in [4.69, 9.17) is 10.8 Å². The molecule has 0 saturated heterocycles. The van der Waals surface area contributed by atoms with Gasteiger partial charge in [-0.05, 0) is 64.3 Å². The maximum Gasteiger partial charge on any atom is 0.328 e. The Bertz CT molecular complexity index is 1230. The fourth-order valence-corrected chi connectivity index (χ4v) is 5.36. The first-order chi connectivity index (χ1) is 26.0. The minimum absolute atomic E-state index is 0.0601. The van der Waals surface area contributed by atoms with Crippen LogP contribution in [-0.4, -0.2) is 136 Å². The third-order valence-electron chi connectivity index (χ3n) is 8.50. The Morgan fingerprint density at radius 2 is 1.00 bits per heavy atom. The summed E-state index contributed by atoms with van der Waals surface area (Å²) in [6, 6.07) is 0. The summed E-state index contributed by atoms with van der Waals surface area (Å²) in [4.78, 5) is 22.9. The number of carboxylic acids is 1. The van der Waals surface area contributed by atoms with Crippen LogP contribution >= 0.6 is 0 Å². The molecule has 0 heterocycles. The van der Waals surface area contributed by atoms with Gasteiger partial charge in [-0.25, -0.2) is 4.79 Å². The van der Waals surface area contributed by atoms with Gasteiger partial charge in [0.05, 0.1) is 61.0 Å². The fourth-order valence-electron chi connectivity index (χ4n) is 5.36. The van der Waals surface area contributed by atoms with Crippen LogP contribution < -0.4 is 5.73 Å². The second-order valence-electron chi connectivity index (χ2n) is 13.9. The summed E-state index contributed by atoms with van der Waals surface area (Å²) in [5.41, 5.74) is 5.41. The van der Waals surface area contributed by atoms with Gasteiger partial charge in [-0.3, -0.25) is 4.79 Å². The van der Waals surface area contributed by atoms with Crippen molar-refractivity contribution >= 4 is 11.8 Å². The minimum atomic E-state index is -1.19. The molecule has 0 aliphatic carbocycles. The molecule has 0 aromatic carbocycles. The molecule has 0 amide bonds. The molecule has 0 aromatic rings. The lowest BCUT2D eigenvalue weighted by Crippen LogP contribution is -2.30. The van der Waals surface area contributed by atoms with E-state index in [9.17, 15) is 60.7 Å². The van der Waals surface area contributed by atoms with E-state index >= 15 is 0 Å². The zero-order chi connectivity index (χ0) is 41.6. The number of nitrogens with two attached hydrogens (primary N) is 1. The lowest BCUT2D eigenvalue weighted by molar-refractivity contribution is -0.131. The molecule has 0 rings (SSSR count). The van der Waals surface area contributed by atoms with Gasteiger partial charge in [0.15, 0.2) is 0 Å². The Labute approximate surface area is 325 Å². The highest BCUT2D eigenvalue weighted by molar-refractivity contribution is 5.81. The molecule has 0 aliphatic heterocycles. The molecule has 55 heavy (non-hydrogen) atoms. The number of aliphatic hydroxyl groups is 10. The number of Topliss-reactive ketones (excluding diaryl/α,β-unsaturated/α-hetero) is 1. The number of carbonyl (C=O) groups is 2. The van der Waals surface area contributed by atoms with Crippen LogP contribution in [0.2, 0.25) is 0 Å². The van der Waals surface area contributed by atoms with Crippen molar-refractivity contribution in [1.29, 1.82) is 0 Å². The average Bonchev–Trinajstić information content (AvgIpc) is 3.08. The normalized spacial score (nSPS) is 19.1. The minimum Gasteiger partial charge on any atom is -0.478 e. The molecule has 13 N–H and O–H groups in total. The Morgan fingerprint density at radius 1 is 0.527 bits per heavy atom.